The van der Waals surface area contributed by atoms with Gasteiger partial charge in [0.2, 0.25) is 5.91 Å². The number of alkyl halides is 1. The summed E-state index contributed by atoms with van der Waals surface area (Å²) >= 11 is 7.82. The molecule has 32 heavy (non-hydrogen) atoms. The van der Waals surface area contributed by atoms with Crippen LogP contribution >= 0.6 is 23.4 Å². The van der Waals surface area contributed by atoms with Gasteiger partial charge in [0.25, 0.3) is 0 Å². The summed E-state index contributed by atoms with van der Waals surface area (Å²) in [7, 11) is 1.61. The van der Waals surface area contributed by atoms with Crippen molar-refractivity contribution in [2.45, 2.75) is 24.4 Å². The van der Waals surface area contributed by atoms with Gasteiger partial charge in [0.05, 0.1) is 24.9 Å². The number of thioether (sulfide) groups is 1. The van der Waals surface area contributed by atoms with Gasteiger partial charge in [-0.2, -0.15) is 0 Å². The first-order chi connectivity index (χ1) is 15.6. The van der Waals surface area contributed by atoms with Crippen LogP contribution in [0.2, 0.25) is 0 Å². The van der Waals surface area contributed by atoms with Gasteiger partial charge in [-0.25, -0.2) is 4.79 Å². The van der Waals surface area contributed by atoms with Crippen molar-refractivity contribution in [3.8, 4) is 5.75 Å². The number of hydrogen-bond acceptors (Lipinski definition) is 6. The van der Waals surface area contributed by atoms with E-state index in [9.17, 15) is 9.59 Å². The van der Waals surface area contributed by atoms with E-state index in [0.717, 1.165) is 22.4 Å². The maximum Gasteiger partial charge on any atom is 0.355 e. The third kappa shape index (κ3) is 5.05. The van der Waals surface area contributed by atoms with Crippen molar-refractivity contribution in [3.63, 3.8) is 0 Å². The molecule has 4 rings (SSSR count). The Labute approximate surface area is 196 Å². The fourth-order valence-corrected chi connectivity index (χ4v) is 5.53. The van der Waals surface area contributed by atoms with E-state index in [1.54, 1.807) is 18.9 Å². The lowest BCUT2D eigenvalue weighted by Crippen LogP contribution is -2.66. The molecule has 2 heterocycles. The minimum Gasteiger partial charge on any atom is -0.497 e. The van der Waals surface area contributed by atoms with Crippen molar-refractivity contribution in [2.75, 3.05) is 25.3 Å². The highest BCUT2D eigenvalue weighted by molar-refractivity contribution is 8.00. The lowest BCUT2D eigenvalue weighted by Gasteiger charge is -2.52. The van der Waals surface area contributed by atoms with Crippen LogP contribution in [0.1, 0.15) is 11.1 Å². The van der Waals surface area contributed by atoms with Gasteiger partial charge < -0.3 is 19.7 Å². The molecule has 2 aromatic rings. The number of nitrogens with zero attached hydrogens (tertiary/aromatic N) is 1. The van der Waals surface area contributed by atoms with Crippen LogP contribution in [0.4, 0.5) is 0 Å². The highest BCUT2D eigenvalue weighted by Crippen LogP contribution is 2.40. The first kappa shape index (κ1) is 22.6. The van der Waals surface area contributed by atoms with Crippen LogP contribution in [0.15, 0.2) is 65.9 Å². The smallest absolute Gasteiger partial charge is 0.355 e. The number of benzene rings is 2. The van der Waals surface area contributed by atoms with Gasteiger partial charge in [0.15, 0.2) is 0 Å². The summed E-state index contributed by atoms with van der Waals surface area (Å²) in [6, 6.07) is 17.0. The quantitative estimate of drug-likeness (QED) is 0.469. The molecule has 1 N–H and O–H groups in total. The molecule has 0 spiro atoms. The molecule has 6 nitrogen and oxygen atoms in total. The molecule has 0 aromatic heterocycles. The Morgan fingerprint density at radius 1 is 1.12 bits per heavy atom. The third-order valence-electron chi connectivity index (χ3n) is 5.53. The number of carbonyl (C=O) groups is 2. The Morgan fingerprint density at radius 2 is 1.88 bits per heavy atom. The maximum absolute atomic E-state index is 12.9. The number of nitrogens with one attached hydrogen (secondary N) is 1. The maximum atomic E-state index is 12.9. The van der Waals surface area contributed by atoms with Crippen molar-refractivity contribution >= 4 is 35.2 Å². The van der Waals surface area contributed by atoms with Gasteiger partial charge in [-0.1, -0.05) is 42.5 Å². The van der Waals surface area contributed by atoms with Crippen molar-refractivity contribution in [1.82, 2.24) is 10.2 Å². The van der Waals surface area contributed by atoms with Crippen LogP contribution in [-0.2, 0) is 27.4 Å². The number of halogens is 1. The largest absolute Gasteiger partial charge is 0.497 e. The summed E-state index contributed by atoms with van der Waals surface area (Å²) < 4.78 is 10.7. The van der Waals surface area contributed by atoms with E-state index < -0.39 is 0 Å². The summed E-state index contributed by atoms with van der Waals surface area (Å²) in [5.41, 5.74) is 3.25. The summed E-state index contributed by atoms with van der Waals surface area (Å²) in [6.45, 7) is 0.732. The Kier molecular flexibility index (Phi) is 7.27. The number of esters is 1. The van der Waals surface area contributed by atoms with E-state index in [1.165, 1.54) is 0 Å². The minimum atomic E-state index is -0.379. The van der Waals surface area contributed by atoms with Gasteiger partial charge >= 0.3 is 5.97 Å². The van der Waals surface area contributed by atoms with E-state index in [4.69, 9.17) is 21.1 Å². The van der Waals surface area contributed by atoms with Gasteiger partial charge in [-0.15, -0.1) is 23.4 Å². The number of fused-ring (bicyclic) bond motifs is 1. The average Bonchev–Trinajstić information content (AvgIpc) is 2.81. The highest BCUT2D eigenvalue weighted by atomic mass is 35.5. The molecular weight excluding hydrogens is 448 g/mol. The molecule has 1 fully saturated rings. The van der Waals surface area contributed by atoms with Crippen LogP contribution in [0.25, 0.3) is 0 Å². The summed E-state index contributed by atoms with van der Waals surface area (Å²) in [5, 5.41) is 3.11. The lowest BCUT2D eigenvalue weighted by atomic mass is 10.0. The predicted octanol–water partition coefficient (Wildman–Crippen LogP) is 3.35. The van der Waals surface area contributed by atoms with Crippen molar-refractivity contribution in [2.24, 2.45) is 0 Å². The number of carbonyl (C=O) groups excluding carboxylic acids is 2. The molecule has 2 aliphatic rings. The third-order valence-corrected chi connectivity index (χ3v) is 7.30. The Bertz CT molecular complexity index is 997. The van der Waals surface area contributed by atoms with Crippen LogP contribution < -0.4 is 10.1 Å². The molecule has 2 unspecified atom stereocenters. The molecule has 2 aliphatic heterocycles. The van der Waals surface area contributed by atoms with Crippen molar-refractivity contribution in [3.05, 3.63) is 77.0 Å². The second kappa shape index (κ2) is 10.3. The van der Waals surface area contributed by atoms with E-state index in [0.29, 0.717) is 24.4 Å². The minimum absolute atomic E-state index is 0.00484. The Hall–Kier alpha value is -2.64. The fraction of sp³-hybridized carbons (Fsp3) is 0.333. The number of amides is 1. The van der Waals surface area contributed by atoms with E-state index in [2.05, 4.69) is 5.32 Å². The molecule has 1 amide bonds. The topological polar surface area (TPSA) is 67.9 Å². The molecule has 2 atom stereocenters. The number of methoxy groups -OCH3 is 1. The van der Waals surface area contributed by atoms with Crippen LogP contribution in [0, 0.1) is 0 Å². The number of ether oxygens (including phenoxy) is 2. The summed E-state index contributed by atoms with van der Waals surface area (Å²) in [4.78, 5) is 27.4. The van der Waals surface area contributed by atoms with Gasteiger partial charge in [-0.05, 0) is 28.8 Å². The first-order valence-corrected chi connectivity index (χ1v) is 12.0. The molecule has 0 bridgehead atoms. The zero-order valence-corrected chi connectivity index (χ0v) is 19.3. The standard InChI is InChI=1S/C24H25ClN2O4S/c1-30-19-9-7-17(8-10-19)14-31-24(29)22-18(12-25)15-32-23-20(13-27(22)23)26-21(28)11-16-5-3-2-4-6-16/h2-10,20,23H,11-15H2,1H3,(H,26,28). The number of rotatable bonds is 8. The summed E-state index contributed by atoms with van der Waals surface area (Å²) in [5.74, 6) is 1.27. The molecule has 168 valence electrons. The molecule has 8 heteroatoms. The first-order valence-electron chi connectivity index (χ1n) is 10.4. The van der Waals surface area contributed by atoms with E-state index in [1.807, 2.05) is 59.5 Å². The zero-order valence-electron chi connectivity index (χ0n) is 17.8. The highest BCUT2D eigenvalue weighted by Gasteiger charge is 2.46. The van der Waals surface area contributed by atoms with Crippen molar-refractivity contribution < 1.29 is 19.1 Å². The van der Waals surface area contributed by atoms with Gasteiger partial charge in [0.1, 0.15) is 18.1 Å². The zero-order chi connectivity index (χ0) is 22.5. The van der Waals surface area contributed by atoms with E-state index in [-0.39, 0.29) is 35.8 Å². The molecule has 0 saturated carbocycles. The second-order valence-electron chi connectivity index (χ2n) is 7.70. The monoisotopic (exact) mass is 472 g/mol. The predicted molar refractivity (Wildman–Crippen MR) is 126 cm³/mol. The molecule has 0 aliphatic carbocycles. The lowest BCUT2D eigenvalue weighted by molar-refractivity contribution is -0.143. The second-order valence-corrected chi connectivity index (χ2v) is 9.07. The molecule has 1 saturated heterocycles. The van der Waals surface area contributed by atoms with Crippen LogP contribution in [0.3, 0.4) is 0 Å². The van der Waals surface area contributed by atoms with Crippen molar-refractivity contribution in [1.29, 1.82) is 0 Å². The Morgan fingerprint density at radius 3 is 2.56 bits per heavy atom. The molecule has 2 aromatic carbocycles. The van der Waals surface area contributed by atoms with Crippen LogP contribution in [0.5, 0.6) is 5.75 Å². The summed E-state index contributed by atoms with van der Waals surface area (Å²) in [6.07, 6.45) is 0.342. The van der Waals surface area contributed by atoms with E-state index >= 15 is 0 Å². The molecular formula is C24H25ClN2O4S. The SMILES string of the molecule is COc1ccc(COC(=O)C2=C(CCl)CSC3C(NC(=O)Cc4ccccc4)CN23)cc1. The Balaban J connectivity index is 1.35. The molecule has 0 radical (unpaired) electrons. The van der Waals surface area contributed by atoms with Gasteiger partial charge in [0, 0.05) is 18.2 Å². The average molecular weight is 473 g/mol. The van der Waals surface area contributed by atoms with Crippen LogP contribution in [-0.4, -0.2) is 53.5 Å². The normalized spacial score (nSPS) is 19.6. The van der Waals surface area contributed by atoms with Gasteiger partial charge in [-0.3, -0.25) is 4.79 Å². The number of hydrogen-bond donors (Lipinski definition) is 1. The fourth-order valence-electron chi connectivity index (χ4n) is 3.83.